The van der Waals surface area contributed by atoms with Crippen LogP contribution in [0.4, 0.5) is 0 Å². The molecular weight excluding hydrogens is 226 g/mol. The summed E-state index contributed by atoms with van der Waals surface area (Å²) in [6.45, 7) is 5.02. The van der Waals surface area contributed by atoms with E-state index in [1.165, 1.54) is 12.0 Å². The van der Waals surface area contributed by atoms with Crippen molar-refractivity contribution < 1.29 is 4.74 Å². The number of hydrogen-bond donors (Lipinski definition) is 1. The zero-order valence-corrected chi connectivity index (χ0v) is 10.9. The van der Waals surface area contributed by atoms with Crippen LogP contribution < -0.4 is 5.32 Å². The van der Waals surface area contributed by atoms with Gasteiger partial charge < -0.3 is 15.0 Å². The number of pyridine rings is 1. The molecule has 2 saturated heterocycles. The van der Waals surface area contributed by atoms with Gasteiger partial charge in [-0.2, -0.15) is 0 Å². The average Bonchev–Trinajstić information content (AvgIpc) is 2.37. The van der Waals surface area contributed by atoms with Gasteiger partial charge >= 0.3 is 0 Å². The van der Waals surface area contributed by atoms with Crippen LogP contribution in [-0.2, 0) is 10.2 Å². The highest BCUT2D eigenvalue weighted by Gasteiger charge is 2.43. The van der Waals surface area contributed by atoms with E-state index in [0.29, 0.717) is 6.04 Å². The summed E-state index contributed by atoms with van der Waals surface area (Å²) in [4.78, 5) is 6.59. The molecule has 3 rings (SSSR count). The van der Waals surface area contributed by atoms with Crippen molar-refractivity contribution in [1.82, 2.24) is 15.2 Å². The molecule has 1 N–H and O–H groups in total. The van der Waals surface area contributed by atoms with Gasteiger partial charge in [0, 0.05) is 43.5 Å². The van der Waals surface area contributed by atoms with E-state index in [2.05, 4.69) is 34.4 Å². The van der Waals surface area contributed by atoms with E-state index >= 15 is 0 Å². The molecule has 98 valence electrons. The SMILES string of the molecule is CN1CCNCC1CC1(c2ccncc2)COC1. The molecule has 0 radical (unpaired) electrons. The Hall–Kier alpha value is -0.970. The van der Waals surface area contributed by atoms with Crippen molar-refractivity contribution >= 4 is 0 Å². The van der Waals surface area contributed by atoms with E-state index in [1.807, 2.05) is 12.4 Å². The Balaban J connectivity index is 1.76. The number of piperazine rings is 1. The summed E-state index contributed by atoms with van der Waals surface area (Å²) >= 11 is 0. The van der Waals surface area contributed by atoms with Gasteiger partial charge in [0.25, 0.3) is 0 Å². The van der Waals surface area contributed by atoms with Crippen molar-refractivity contribution in [2.45, 2.75) is 17.9 Å². The molecular formula is C14H21N3O. The highest BCUT2D eigenvalue weighted by atomic mass is 16.5. The molecule has 0 spiro atoms. The Bertz CT molecular complexity index is 391. The molecule has 2 aliphatic heterocycles. The van der Waals surface area contributed by atoms with E-state index in [0.717, 1.165) is 32.8 Å². The summed E-state index contributed by atoms with van der Waals surface area (Å²) in [7, 11) is 2.23. The Morgan fingerprint density at radius 3 is 2.83 bits per heavy atom. The van der Waals surface area contributed by atoms with Gasteiger partial charge in [0.05, 0.1) is 13.2 Å². The third kappa shape index (κ3) is 2.16. The molecule has 1 aromatic heterocycles. The molecule has 2 aliphatic rings. The number of aromatic nitrogens is 1. The topological polar surface area (TPSA) is 37.4 Å². The van der Waals surface area contributed by atoms with Crippen LogP contribution in [0.2, 0.25) is 0 Å². The van der Waals surface area contributed by atoms with Gasteiger partial charge in [-0.25, -0.2) is 0 Å². The largest absolute Gasteiger partial charge is 0.379 e. The highest BCUT2D eigenvalue weighted by Crippen LogP contribution is 2.37. The molecule has 4 heteroatoms. The van der Waals surface area contributed by atoms with Crippen LogP contribution in [0.25, 0.3) is 0 Å². The minimum atomic E-state index is 0.209. The van der Waals surface area contributed by atoms with E-state index in [1.54, 1.807) is 0 Å². The van der Waals surface area contributed by atoms with Gasteiger partial charge in [-0.1, -0.05) is 0 Å². The number of ether oxygens (including phenoxy) is 1. The predicted molar refractivity (Wildman–Crippen MR) is 70.6 cm³/mol. The Kier molecular flexibility index (Phi) is 3.33. The average molecular weight is 247 g/mol. The zero-order chi connectivity index (χ0) is 12.4. The third-order valence-electron chi connectivity index (χ3n) is 4.32. The quantitative estimate of drug-likeness (QED) is 0.851. The second kappa shape index (κ2) is 4.96. The standard InChI is InChI=1S/C14H21N3O/c1-17-7-6-16-9-13(17)8-14(10-18-11-14)12-2-4-15-5-3-12/h2-5,13,16H,6-11H2,1H3. The molecule has 4 nitrogen and oxygen atoms in total. The lowest BCUT2D eigenvalue weighted by molar-refractivity contribution is -0.0754. The van der Waals surface area contributed by atoms with Crippen LogP contribution in [0, 0.1) is 0 Å². The lowest BCUT2D eigenvalue weighted by atomic mass is 9.73. The van der Waals surface area contributed by atoms with E-state index in [9.17, 15) is 0 Å². The van der Waals surface area contributed by atoms with Gasteiger partial charge in [-0.05, 0) is 31.2 Å². The first-order chi connectivity index (χ1) is 8.80. The highest BCUT2D eigenvalue weighted by molar-refractivity contribution is 5.26. The van der Waals surface area contributed by atoms with Crippen LogP contribution in [-0.4, -0.2) is 55.8 Å². The lowest BCUT2D eigenvalue weighted by Crippen LogP contribution is -2.56. The number of rotatable bonds is 3. The second-order valence-corrected chi connectivity index (χ2v) is 5.55. The Morgan fingerprint density at radius 2 is 2.22 bits per heavy atom. The summed E-state index contributed by atoms with van der Waals surface area (Å²) in [5.41, 5.74) is 1.59. The first-order valence-electron chi connectivity index (χ1n) is 6.69. The van der Waals surface area contributed by atoms with Crippen molar-refractivity contribution in [2.24, 2.45) is 0 Å². The maximum Gasteiger partial charge on any atom is 0.0586 e. The van der Waals surface area contributed by atoms with Gasteiger partial charge in [-0.15, -0.1) is 0 Å². The molecule has 0 saturated carbocycles. The van der Waals surface area contributed by atoms with Gasteiger partial charge in [0.1, 0.15) is 0 Å². The van der Waals surface area contributed by atoms with Gasteiger partial charge in [0.2, 0.25) is 0 Å². The Morgan fingerprint density at radius 1 is 1.44 bits per heavy atom. The predicted octanol–water partition coefficient (Wildman–Crippen LogP) is 0.643. The zero-order valence-electron chi connectivity index (χ0n) is 10.9. The summed E-state index contributed by atoms with van der Waals surface area (Å²) < 4.78 is 5.51. The number of nitrogens with zero attached hydrogens (tertiary/aromatic N) is 2. The molecule has 1 atom stereocenters. The summed E-state index contributed by atoms with van der Waals surface area (Å²) in [6, 6.07) is 4.88. The Labute approximate surface area is 108 Å². The smallest absolute Gasteiger partial charge is 0.0586 e. The fourth-order valence-corrected chi connectivity index (χ4v) is 3.00. The summed E-state index contributed by atoms with van der Waals surface area (Å²) in [6.07, 6.45) is 4.94. The maximum absolute atomic E-state index is 5.51. The van der Waals surface area contributed by atoms with Crippen LogP contribution in [0.15, 0.2) is 24.5 Å². The first-order valence-corrected chi connectivity index (χ1v) is 6.69. The molecule has 18 heavy (non-hydrogen) atoms. The van der Waals surface area contributed by atoms with Crippen molar-refractivity contribution in [3.05, 3.63) is 30.1 Å². The third-order valence-corrected chi connectivity index (χ3v) is 4.32. The fourth-order valence-electron chi connectivity index (χ4n) is 3.00. The summed E-state index contributed by atoms with van der Waals surface area (Å²) in [5, 5.41) is 3.49. The molecule has 0 aromatic carbocycles. The van der Waals surface area contributed by atoms with Crippen molar-refractivity contribution in [3.63, 3.8) is 0 Å². The molecule has 0 amide bonds. The molecule has 0 bridgehead atoms. The molecule has 1 unspecified atom stereocenters. The molecule has 1 aromatic rings. The van der Waals surface area contributed by atoms with E-state index < -0.39 is 0 Å². The van der Waals surface area contributed by atoms with Gasteiger partial charge in [-0.3, -0.25) is 4.98 Å². The summed E-state index contributed by atoms with van der Waals surface area (Å²) in [5.74, 6) is 0. The van der Waals surface area contributed by atoms with Gasteiger partial charge in [0.15, 0.2) is 0 Å². The van der Waals surface area contributed by atoms with Crippen molar-refractivity contribution in [2.75, 3.05) is 39.9 Å². The van der Waals surface area contributed by atoms with Crippen molar-refractivity contribution in [3.8, 4) is 0 Å². The normalized spacial score (nSPS) is 27.7. The van der Waals surface area contributed by atoms with E-state index in [-0.39, 0.29) is 5.41 Å². The number of hydrogen-bond acceptors (Lipinski definition) is 4. The van der Waals surface area contributed by atoms with Crippen LogP contribution in [0.3, 0.4) is 0 Å². The van der Waals surface area contributed by atoms with Crippen LogP contribution >= 0.6 is 0 Å². The second-order valence-electron chi connectivity index (χ2n) is 5.55. The molecule has 2 fully saturated rings. The number of nitrogens with one attached hydrogen (secondary N) is 1. The lowest BCUT2D eigenvalue weighted by Gasteiger charge is -2.46. The van der Waals surface area contributed by atoms with Crippen molar-refractivity contribution in [1.29, 1.82) is 0 Å². The fraction of sp³-hybridized carbons (Fsp3) is 0.643. The van der Waals surface area contributed by atoms with Crippen LogP contribution in [0.5, 0.6) is 0 Å². The minimum Gasteiger partial charge on any atom is -0.379 e. The minimum absolute atomic E-state index is 0.209. The molecule has 3 heterocycles. The first kappa shape index (κ1) is 12.1. The number of likely N-dealkylation sites (N-methyl/N-ethyl adjacent to an activating group) is 1. The van der Waals surface area contributed by atoms with Crippen LogP contribution in [0.1, 0.15) is 12.0 Å². The molecule has 0 aliphatic carbocycles. The van der Waals surface area contributed by atoms with E-state index in [4.69, 9.17) is 4.74 Å². The monoisotopic (exact) mass is 247 g/mol. The maximum atomic E-state index is 5.51.